The van der Waals surface area contributed by atoms with Gasteiger partial charge in [0.05, 0.1) is 4.90 Å². The van der Waals surface area contributed by atoms with Gasteiger partial charge in [0, 0.05) is 44.8 Å². The highest BCUT2D eigenvalue weighted by atomic mass is 32.2. The smallest absolute Gasteiger partial charge is 0.253 e. The summed E-state index contributed by atoms with van der Waals surface area (Å²) < 4.78 is 39.6. The summed E-state index contributed by atoms with van der Waals surface area (Å²) in [5, 5.41) is 0. The zero-order valence-electron chi connectivity index (χ0n) is 16.5. The highest BCUT2D eigenvalue weighted by Gasteiger charge is 2.21. The number of nitrogens with one attached hydrogen (secondary N) is 1. The summed E-state index contributed by atoms with van der Waals surface area (Å²) in [7, 11) is -3.53. The van der Waals surface area contributed by atoms with Gasteiger partial charge < -0.3 is 4.90 Å². The average molecular weight is 420 g/mol. The van der Waals surface area contributed by atoms with Gasteiger partial charge in [0.2, 0.25) is 10.0 Å². The minimum atomic E-state index is -3.53. The number of hydrogen-bond donors (Lipinski definition) is 1. The van der Waals surface area contributed by atoms with Crippen LogP contribution in [0.25, 0.3) is 0 Å². The molecular weight excluding hydrogens is 393 g/mol. The summed E-state index contributed by atoms with van der Waals surface area (Å²) in [6.07, 6.45) is 0.847. The maximum absolute atomic E-state index is 13.1. The molecule has 1 aliphatic heterocycles. The second kappa shape index (κ2) is 9.47. The second-order valence-corrected chi connectivity index (χ2v) is 8.84. The van der Waals surface area contributed by atoms with E-state index >= 15 is 0 Å². The van der Waals surface area contributed by atoms with E-state index in [1.807, 2.05) is 0 Å². The molecule has 0 radical (unpaired) electrons. The van der Waals surface area contributed by atoms with Gasteiger partial charge in [-0.05, 0) is 48.4 Å². The fraction of sp³-hybridized carbons (Fsp3) is 0.381. The molecule has 0 saturated carbocycles. The molecular formula is C21H26FN3O3S. The third-order valence-corrected chi connectivity index (χ3v) is 6.50. The quantitative estimate of drug-likeness (QED) is 0.781. The first-order chi connectivity index (χ1) is 13.9. The van der Waals surface area contributed by atoms with Crippen LogP contribution in [0.4, 0.5) is 4.39 Å². The molecule has 1 fully saturated rings. The highest BCUT2D eigenvalue weighted by molar-refractivity contribution is 7.89. The number of sulfonamides is 1. The van der Waals surface area contributed by atoms with Crippen molar-refractivity contribution >= 4 is 15.9 Å². The summed E-state index contributed by atoms with van der Waals surface area (Å²) in [5.41, 5.74) is 1.52. The molecule has 0 aliphatic carbocycles. The molecule has 1 amide bonds. The number of halogens is 1. The largest absolute Gasteiger partial charge is 0.337 e. The van der Waals surface area contributed by atoms with Crippen molar-refractivity contribution in [3.63, 3.8) is 0 Å². The summed E-state index contributed by atoms with van der Waals surface area (Å²) in [4.78, 5) is 17.1. The number of hydrogen-bond acceptors (Lipinski definition) is 4. The van der Waals surface area contributed by atoms with Gasteiger partial charge >= 0.3 is 0 Å². The summed E-state index contributed by atoms with van der Waals surface area (Å²) >= 11 is 0. The molecule has 1 saturated heterocycles. The zero-order valence-corrected chi connectivity index (χ0v) is 17.3. The maximum atomic E-state index is 13.1. The van der Waals surface area contributed by atoms with Crippen molar-refractivity contribution in [3.05, 3.63) is 65.5 Å². The Balaban J connectivity index is 1.61. The summed E-state index contributed by atoms with van der Waals surface area (Å²) in [5.74, 6) is -0.341. The predicted molar refractivity (Wildman–Crippen MR) is 110 cm³/mol. The first kappa shape index (κ1) is 21.4. The third kappa shape index (κ3) is 5.62. The molecule has 8 heteroatoms. The van der Waals surface area contributed by atoms with Crippen LogP contribution in [0.1, 0.15) is 29.3 Å². The van der Waals surface area contributed by atoms with Gasteiger partial charge in [-0.1, -0.05) is 19.1 Å². The fourth-order valence-electron chi connectivity index (χ4n) is 3.41. The van der Waals surface area contributed by atoms with E-state index in [9.17, 15) is 17.6 Å². The minimum Gasteiger partial charge on any atom is -0.337 e. The van der Waals surface area contributed by atoms with E-state index < -0.39 is 10.0 Å². The number of rotatable bonds is 6. The van der Waals surface area contributed by atoms with Gasteiger partial charge in [-0.3, -0.25) is 9.69 Å². The highest BCUT2D eigenvalue weighted by Crippen LogP contribution is 2.15. The van der Waals surface area contributed by atoms with Crippen molar-refractivity contribution in [1.29, 1.82) is 0 Å². The lowest BCUT2D eigenvalue weighted by atomic mass is 10.2. The molecule has 2 aromatic rings. The Labute approximate surface area is 171 Å². The Kier molecular flexibility index (Phi) is 7.00. The maximum Gasteiger partial charge on any atom is 0.253 e. The van der Waals surface area contributed by atoms with Crippen LogP contribution >= 0.6 is 0 Å². The Morgan fingerprint density at radius 3 is 2.34 bits per heavy atom. The van der Waals surface area contributed by atoms with Gasteiger partial charge in [0.1, 0.15) is 5.82 Å². The molecule has 0 unspecified atom stereocenters. The van der Waals surface area contributed by atoms with Crippen molar-refractivity contribution in [2.24, 2.45) is 0 Å². The number of amides is 1. The van der Waals surface area contributed by atoms with E-state index in [4.69, 9.17) is 0 Å². The molecule has 29 heavy (non-hydrogen) atoms. The Bertz CT molecular complexity index is 931. The van der Waals surface area contributed by atoms with Crippen molar-refractivity contribution in [2.45, 2.75) is 24.8 Å². The lowest BCUT2D eigenvalue weighted by molar-refractivity contribution is 0.0761. The number of benzene rings is 2. The molecule has 1 aliphatic rings. The Morgan fingerprint density at radius 2 is 1.69 bits per heavy atom. The van der Waals surface area contributed by atoms with Crippen LogP contribution in [0.5, 0.6) is 0 Å². The van der Waals surface area contributed by atoms with E-state index in [-0.39, 0.29) is 16.6 Å². The molecule has 1 N–H and O–H groups in total. The lowest BCUT2D eigenvalue weighted by Gasteiger charge is -2.22. The monoisotopic (exact) mass is 419 g/mol. The van der Waals surface area contributed by atoms with E-state index in [1.165, 1.54) is 24.3 Å². The molecule has 0 bridgehead atoms. The number of carbonyl (C=O) groups excluding carboxylic acids is 1. The molecule has 1 heterocycles. The van der Waals surface area contributed by atoms with Crippen molar-refractivity contribution in [3.8, 4) is 0 Å². The normalized spacial score (nSPS) is 15.9. The third-order valence-electron chi connectivity index (χ3n) is 4.94. The Morgan fingerprint density at radius 1 is 1.00 bits per heavy atom. The van der Waals surface area contributed by atoms with Crippen molar-refractivity contribution in [1.82, 2.24) is 14.5 Å². The summed E-state index contributed by atoms with van der Waals surface area (Å²) in [6.45, 7) is 5.59. The van der Waals surface area contributed by atoms with E-state index in [0.29, 0.717) is 25.2 Å². The number of nitrogens with zero attached hydrogens (tertiary/aromatic N) is 2. The first-order valence-electron chi connectivity index (χ1n) is 9.75. The van der Waals surface area contributed by atoms with Crippen LogP contribution in [-0.2, 0) is 16.6 Å². The van der Waals surface area contributed by atoms with Gasteiger partial charge in [-0.15, -0.1) is 0 Å². The molecule has 0 spiro atoms. The van der Waals surface area contributed by atoms with Crippen molar-refractivity contribution in [2.75, 3.05) is 32.7 Å². The van der Waals surface area contributed by atoms with E-state index in [0.717, 1.165) is 31.6 Å². The van der Waals surface area contributed by atoms with Crippen LogP contribution in [0.3, 0.4) is 0 Å². The van der Waals surface area contributed by atoms with Crippen molar-refractivity contribution < 1.29 is 17.6 Å². The van der Waals surface area contributed by atoms with E-state index in [2.05, 4.69) is 9.62 Å². The first-order valence-corrected chi connectivity index (χ1v) is 11.2. The van der Waals surface area contributed by atoms with Crippen LogP contribution < -0.4 is 4.72 Å². The summed E-state index contributed by atoms with van der Waals surface area (Å²) in [6, 6.07) is 12.5. The van der Waals surface area contributed by atoms with Gasteiger partial charge in [0.15, 0.2) is 0 Å². The average Bonchev–Trinajstić information content (AvgIpc) is 2.95. The van der Waals surface area contributed by atoms with Gasteiger partial charge in [-0.25, -0.2) is 17.5 Å². The van der Waals surface area contributed by atoms with Crippen LogP contribution in [0.2, 0.25) is 0 Å². The number of carbonyl (C=O) groups is 1. The predicted octanol–water partition coefficient (Wildman–Crippen LogP) is 2.47. The Hall–Kier alpha value is -2.29. The fourth-order valence-corrected chi connectivity index (χ4v) is 4.45. The lowest BCUT2D eigenvalue weighted by Crippen LogP contribution is -2.35. The topological polar surface area (TPSA) is 69.7 Å². The van der Waals surface area contributed by atoms with Crippen LogP contribution in [-0.4, -0.2) is 56.8 Å². The molecule has 0 atom stereocenters. The second-order valence-electron chi connectivity index (χ2n) is 7.07. The van der Waals surface area contributed by atoms with Gasteiger partial charge in [-0.2, -0.15) is 0 Å². The molecule has 2 aromatic carbocycles. The minimum absolute atomic E-state index is 0.0963. The SMILES string of the molecule is CCNS(=O)(=O)c1ccc(C(=O)N2CCCN(Cc3ccc(F)cc3)CC2)cc1. The van der Waals surface area contributed by atoms with Crippen LogP contribution in [0.15, 0.2) is 53.4 Å². The van der Waals surface area contributed by atoms with Gasteiger partial charge in [0.25, 0.3) is 5.91 Å². The zero-order chi connectivity index (χ0) is 20.9. The molecule has 3 rings (SSSR count). The molecule has 156 valence electrons. The van der Waals surface area contributed by atoms with E-state index in [1.54, 1.807) is 36.1 Å². The molecule has 0 aromatic heterocycles. The standard InChI is InChI=1S/C21H26FN3O3S/c1-2-23-29(27,28)20-10-6-18(7-11-20)21(26)25-13-3-12-24(14-15-25)16-17-4-8-19(22)9-5-17/h4-11,23H,2-3,12-16H2,1H3. The molecule has 6 nitrogen and oxygen atoms in total. The van der Waals surface area contributed by atoms with Crippen LogP contribution in [0, 0.1) is 5.82 Å².